The Bertz CT molecular complexity index is 634. The van der Waals surface area contributed by atoms with Gasteiger partial charge in [0.05, 0.1) is 12.1 Å². The Morgan fingerprint density at radius 3 is 2.62 bits per heavy atom. The van der Waals surface area contributed by atoms with Gasteiger partial charge in [0.2, 0.25) is 0 Å². The molecule has 3 nitrogen and oxygen atoms in total. The second-order valence-electron chi connectivity index (χ2n) is 4.82. The van der Waals surface area contributed by atoms with Crippen molar-refractivity contribution in [2.45, 2.75) is 12.3 Å². The van der Waals surface area contributed by atoms with Crippen LogP contribution in [0.25, 0.3) is 0 Å². The molecule has 3 N–H and O–H groups in total. The first kappa shape index (κ1) is 15.6. The normalized spacial score (nSPS) is 12.2. The van der Waals surface area contributed by atoms with Crippen LogP contribution in [0.3, 0.4) is 0 Å². The van der Waals surface area contributed by atoms with Crippen LogP contribution in [-0.2, 0) is 6.42 Å². The molecule has 0 spiro atoms. The summed E-state index contributed by atoms with van der Waals surface area (Å²) in [6.07, 6.45) is 0.613. The molecule has 2 aromatic carbocycles. The van der Waals surface area contributed by atoms with Gasteiger partial charge >= 0.3 is 0 Å². The number of methoxy groups -OCH3 is 1. The summed E-state index contributed by atoms with van der Waals surface area (Å²) in [6, 6.07) is 9.86. The molecule has 0 saturated heterocycles. The lowest BCUT2D eigenvalue weighted by atomic mass is 9.92. The topological polar surface area (TPSA) is 55.5 Å². The lowest BCUT2D eigenvalue weighted by molar-refractivity contribution is 0.386. The van der Waals surface area contributed by atoms with E-state index in [1.54, 1.807) is 24.3 Å². The average Bonchev–Trinajstić information content (AvgIpc) is 2.48. The summed E-state index contributed by atoms with van der Waals surface area (Å²) in [5, 5.41) is 9.72. The van der Waals surface area contributed by atoms with Crippen molar-refractivity contribution in [3.63, 3.8) is 0 Å². The van der Waals surface area contributed by atoms with E-state index in [4.69, 9.17) is 22.1 Å². The van der Waals surface area contributed by atoms with Crippen LogP contribution in [0.4, 0.5) is 4.39 Å². The monoisotopic (exact) mass is 309 g/mol. The van der Waals surface area contributed by atoms with Crippen molar-refractivity contribution in [3.05, 3.63) is 58.4 Å². The highest BCUT2D eigenvalue weighted by Crippen LogP contribution is 2.28. The van der Waals surface area contributed by atoms with E-state index in [0.29, 0.717) is 18.0 Å². The minimum Gasteiger partial charge on any atom is -0.506 e. The van der Waals surface area contributed by atoms with Gasteiger partial charge in [0.15, 0.2) is 11.6 Å². The predicted molar refractivity (Wildman–Crippen MR) is 81.6 cm³/mol. The Morgan fingerprint density at radius 1 is 1.29 bits per heavy atom. The summed E-state index contributed by atoms with van der Waals surface area (Å²) in [7, 11) is 1.43. The molecule has 0 aliphatic heterocycles. The molecule has 0 amide bonds. The van der Waals surface area contributed by atoms with Crippen molar-refractivity contribution in [2.75, 3.05) is 13.7 Å². The number of phenols is 1. The van der Waals surface area contributed by atoms with Crippen LogP contribution in [0, 0.1) is 5.82 Å². The Labute approximate surface area is 128 Å². The van der Waals surface area contributed by atoms with E-state index in [9.17, 15) is 9.50 Å². The first-order valence-corrected chi connectivity index (χ1v) is 6.93. The standard InChI is InChI=1S/C16H17ClFNO2/c1-21-16-5-3-11(8-14(16)18)12(9-19)6-10-2-4-15(20)13(17)7-10/h2-5,7-8,12,20H,6,9,19H2,1H3. The number of rotatable bonds is 5. The molecule has 21 heavy (non-hydrogen) atoms. The van der Waals surface area contributed by atoms with Crippen molar-refractivity contribution >= 4 is 11.6 Å². The molecule has 0 saturated carbocycles. The van der Waals surface area contributed by atoms with Gasteiger partial charge in [-0.15, -0.1) is 0 Å². The van der Waals surface area contributed by atoms with Crippen molar-refractivity contribution in [1.82, 2.24) is 0 Å². The minimum atomic E-state index is -0.405. The van der Waals surface area contributed by atoms with E-state index >= 15 is 0 Å². The van der Waals surface area contributed by atoms with Crippen LogP contribution in [0.5, 0.6) is 11.5 Å². The molecule has 0 heterocycles. The molecular formula is C16H17ClFNO2. The maximum Gasteiger partial charge on any atom is 0.165 e. The molecular weight excluding hydrogens is 293 g/mol. The Hall–Kier alpha value is -1.78. The molecule has 2 rings (SSSR count). The van der Waals surface area contributed by atoms with Crippen molar-refractivity contribution in [1.29, 1.82) is 0 Å². The van der Waals surface area contributed by atoms with Gasteiger partial charge in [-0.1, -0.05) is 23.7 Å². The van der Waals surface area contributed by atoms with Crippen LogP contribution in [0.1, 0.15) is 17.0 Å². The summed E-state index contributed by atoms with van der Waals surface area (Å²) in [5.41, 5.74) is 7.55. The smallest absolute Gasteiger partial charge is 0.165 e. The van der Waals surface area contributed by atoms with Crippen LogP contribution < -0.4 is 10.5 Å². The maximum atomic E-state index is 13.8. The second kappa shape index (κ2) is 6.78. The summed E-state index contributed by atoms with van der Waals surface area (Å²) in [5.74, 6) is -0.189. The van der Waals surface area contributed by atoms with Crippen molar-refractivity contribution in [3.8, 4) is 11.5 Å². The minimum absolute atomic E-state index is 0.0361. The molecule has 0 aliphatic rings. The van der Waals surface area contributed by atoms with E-state index < -0.39 is 5.82 Å². The fourth-order valence-corrected chi connectivity index (χ4v) is 2.44. The zero-order chi connectivity index (χ0) is 15.4. The van der Waals surface area contributed by atoms with Crippen LogP contribution in [-0.4, -0.2) is 18.8 Å². The first-order chi connectivity index (χ1) is 10.0. The van der Waals surface area contributed by atoms with Gasteiger partial charge < -0.3 is 15.6 Å². The van der Waals surface area contributed by atoms with Gasteiger partial charge in [0.1, 0.15) is 5.75 Å². The van der Waals surface area contributed by atoms with Crippen LogP contribution in [0.2, 0.25) is 5.02 Å². The maximum absolute atomic E-state index is 13.8. The van der Waals surface area contributed by atoms with E-state index in [-0.39, 0.29) is 17.4 Å². The zero-order valence-electron chi connectivity index (χ0n) is 11.6. The van der Waals surface area contributed by atoms with Gasteiger partial charge in [-0.2, -0.15) is 0 Å². The zero-order valence-corrected chi connectivity index (χ0v) is 12.4. The number of phenolic OH excluding ortho intramolecular Hbond substituents is 1. The van der Waals surface area contributed by atoms with Gasteiger partial charge in [-0.05, 0) is 48.4 Å². The SMILES string of the molecule is COc1ccc(C(CN)Cc2ccc(O)c(Cl)c2)cc1F. The summed E-state index contributed by atoms with van der Waals surface area (Å²) >= 11 is 5.89. The number of aromatic hydroxyl groups is 1. The van der Waals surface area contributed by atoms with E-state index in [1.807, 2.05) is 6.07 Å². The van der Waals surface area contributed by atoms with Crippen molar-refractivity contribution in [2.24, 2.45) is 5.73 Å². The molecule has 5 heteroatoms. The third kappa shape index (κ3) is 3.65. The highest BCUT2D eigenvalue weighted by Gasteiger charge is 2.14. The molecule has 0 aliphatic carbocycles. The third-order valence-corrected chi connectivity index (χ3v) is 3.73. The van der Waals surface area contributed by atoms with Gasteiger partial charge in [0.25, 0.3) is 0 Å². The molecule has 1 atom stereocenters. The van der Waals surface area contributed by atoms with E-state index in [2.05, 4.69) is 0 Å². The highest BCUT2D eigenvalue weighted by atomic mass is 35.5. The Kier molecular flexibility index (Phi) is 5.04. The first-order valence-electron chi connectivity index (χ1n) is 6.56. The Morgan fingerprint density at radius 2 is 2.05 bits per heavy atom. The van der Waals surface area contributed by atoms with Crippen molar-refractivity contribution < 1.29 is 14.2 Å². The lowest BCUT2D eigenvalue weighted by Crippen LogP contribution is -2.15. The summed E-state index contributed by atoms with van der Waals surface area (Å²) < 4.78 is 18.7. The van der Waals surface area contributed by atoms with Crippen LogP contribution in [0.15, 0.2) is 36.4 Å². The van der Waals surface area contributed by atoms with Gasteiger partial charge in [-0.25, -0.2) is 4.39 Å². The summed E-state index contributed by atoms with van der Waals surface area (Å²) in [6.45, 7) is 0.379. The summed E-state index contributed by atoms with van der Waals surface area (Å²) in [4.78, 5) is 0. The molecule has 0 bridgehead atoms. The number of hydrogen-bond acceptors (Lipinski definition) is 3. The fraction of sp³-hybridized carbons (Fsp3) is 0.250. The number of halogens is 2. The van der Waals surface area contributed by atoms with Gasteiger partial charge in [-0.3, -0.25) is 0 Å². The highest BCUT2D eigenvalue weighted by molar-refractivity contribution is 6.32. The molecule has 2 aromatic rings. The molecule has 0 radical (unpaired) electrons. The third-order valence-electron chi connectivity index (χ3n) is 3.43. The number of nitrogens with two attached hydrogens (primary N) is 1. The number of hydrogen-bond donors (Lipinski definition) is 2. The lowest BCUT2D eigenvalue weighted by Gasteiger charge is -2.16. The van der Waals surface area contributed by atoms with Crippen LogP contribution >= 0.6 is 11.6 Å². The average molecular weight is 310 g/mol. The number of ether oxygens (including phenoxy) is 1. The second-order valence-corrected chi connectivity index (χ2v) is 5.22. The molecule has 0 aromatic heterocycles. The quantitative estimate of drug-likeness (QED) is 0.889. The molecule has 112 valence electrons. The van der Waals surface area contributed by atoms with E-state index in [1.165, 1.54) is 13.2 Å². The van der Waals surface area contributed by atoms with Gasteiger partial charge in [0, 0.05) is 5.92 Å². The molecule has 0 fully saturated rings. The fourth-order valence-electron chi connectivity index (χ4n) is 2.24. The number of benzene rings is 2. The van der Waals surface area contributed by atoms with E-state index in [0.717, 1.165) is 11.1 Å². The largest absolute Gasteiger partial charge is 0.506 e. The molecule has 1 unspecified atom stereocenters. The Balaban J connectivity index is 2.23. The predicted octanol–water partition coefficient (Wildman–Crippen LogP) is 3.48.